The van der Waals surface area contributed by atoms with Gasteiger partial charge in [0.15, 0.2) is 0 Å². The van der Waals surface area contributed by atoms with Gasteiger partial charge >= 0.3 is 0 Å². The van der Waals surface area contributed by atoms with Gasteiger partial charge in [-0.25, -0.2) is 0 Å². The molecule has 1 nitrogen and oxygen atoms in total. The first-order valence-corrected chi connectivity index (χ1v) is 6.74. The minimum atomic E-state index is 0.881. The van der Waals surface area contributed by atoms with Gasteiger partial charge in [-0.05, 0) is 50.5 Å². The van der Waals surface area contributed by atoms with E-state index >= 15 is 0 Å². The van der Waals surface area contributed by atoms with Crippen LogP contribution in [-0.2, 0) is 0 Å². The molecule has 0 radical (unpaired) electrons. The first-order valence-electron chi connectivity index (χ1n) is 6.74. The summed E-state index contributed by atoms with van der Waals surface area (Å²) in [4.78, 5) is 0. The Labute approximate surface area is 94.3 Å². The quantitative estimate of drug-likeness (QED) is 0.657. The Morgan fingerprint density at radius 3 is 2.47 bits per heavy atom. The van der Waals surface area contributed by atoms with E-state index in [1.807, 2.05) is 0 Å². The predicted molar refractivity (Wildman–Crippen MR) is 65.9 cm³/mol. The van der Waals surface area contributed by atoms with Crippen molar-refractivity contribution in [2.75, 3.05) is 6.54 Å². The Bertz CT molecular complexity index is 196. The second-order valence-electron chi connectivity index (χ2n) is 5.35. The number of allylic oxidation sites excluding steroid dienone is 1. The van der Waals surface area contributed by atoms with Crippen LogP contribution in [0.3, 0.4) is 0 Å². The Morgan fingerprint density at radius 1 is 1.07 bits per heavy atom. The highest BCUT2D eigenvalue weighted by molar-refractivity contribution is 4.85. The van der Waals surface area contributed by atoms with Crippen molar-refractivity contribution in [2.45, 2.75) is 57.4 Å². The molecule has 0 aliphatic heterocycles. The highest BCUT2D eigenvalue weighted by Crippen LogP contribution is 2.33. The van der Waals surface area contributed by atoms with Crippen LogP contribution < -0.4 is 5.32 Å². The van der Waals surface area contributed by atoms with E-state index in [2.05, 4.69) is 18.0 Å². The highest BCUT2D eigenvalue weighted by atomic mass is 14.9. The molecule has 2 unspecified atom stereocenters. The van der Waals surface area contributed by atoms with Crippen molar-refractivity contribution in [2.24, 2.45) is 11.8 Å². The van der Waals surface area contributed by atoms with Crippen LogP contribution in [0.4, 0.5) is 0 Å². The van der Waals surface area contributed by atoms with Gasteiger partial charge in [-0.2, -0.15) is 0 Å². The molecule has 0 aromatic rings. The summed E-state index contributed by atoms with van der Waals surface area (Å²) in [5.41, 5.74) is 0. The molecule has 15 heavy (non-hydrogen) atoms. The molecule has 2 fully saturated rings. The molecule has 0 aromatic carbocycles. The summed E-state index contributed by atoms with van der Waals surface area (Å²) < 4.78 is 0. The number of rotatable bonds is 6. The topological polar surface area (TPSA) is 12.0 Å². The van der Waals surface area contributed by atoms with Crippen LogP contribution in [0.5, 0.6) is 0 Å². The first-order chi connectivity index (χ1) is 7.40. The van der Waals surface area contributed by atoms with E-state index in [0.29, 0.717) is 0 Å². The molecule has 0 heterocycles. The maximum atomic E-state index is 3.84. The van der Waals surface area contributed by atoms with Gasteiger partial charge in [-0.1, -0.05) is 25.3 Å². The zero-order chi connectivity index (χ0) is 10.5. The van der Waals surface area contributed by atoms with E-state index in [0.717, 1.165) is 17.9 Å². The average Bonchev–Trinajstić information content (AvgIpc) is 3.08. The molecule has 0 saturated heterocycles. The smallest absolute Gasteiger partial charge is 0.00683 e. The Morgan fingerprint density at radius 2 is 1.80 bits per heavy atom. The van der Waals surface area contributed by atoms with Crippen molar-refractivity contribution in [1.82, 2.24) is 5.32 Å². The molecule has 1 N–H and O–H groups in total. The van der Waals surface area contributed by atoms with Crippen molar-refractivity contribution in [1.29, 1.82) is 0 Å². The fourth-order valence-electron chi connectivity index (χ4n) is 2.87. The van der Waals surface area contributed by atoms with Gasteiger partial charge in [0.2, 0.25) is 0 Å². The minimum absolute atomic E-state index is 0.881. The summed E-state index contributed by atoms with van der Waals surface area (Å²) in [5, 5.41) is 3.71. The maximum absolute atomic E-state index is 3.84. The molecule has 0 aromatic heterocycles. The Hall–Kier alpha value is -0.300. The van der Waals surface area contributed by atoms with Crippen LogP contribution in [0.1, 0.15) is 51.4 Å². The molecule has 2 aliphatic carbocycles. The molecule has 2 rings (SSSR count). The lowest BCUT2D eigenvalue weighted by Gasteiger charge is -2.31. The molecule has 2 aliphatic rings. The zero-order valence-corrected chi connectivity index (χ0v) is 9.88. The number of hydrogen-bond acceptors (Lipinski definition) is 1. The molecule has 86 valence electrons. The van der Waals surface area contributed by atoms with E-state index in [1.165, 1.54) is 57.9 Å². The van der Waals surface area contributed by atoms with Crippen LogP contribution in [0, 0.1) is 11.8 Å². The Balaban J connectivity index is 1.72. The van der Waals surface area contributed by atoms with Crippen LogP contribution in [0.2, 0.25) is 0 Å². The SMILES string of the molecule is C=CCCC1CCCCC1CNC1CC1. The summed E-state index contributed by atoms with van der Waals surface area (Å²) >= 11 is 0. The Kier molecular flexibility index (Phi) is 4.25. The van der Waals surface area contributed by atoms with Gasteiger partial charge in [0.05, 0.1) is 0 Å². The van der Waals surface area contributed by atoms with E-state index in [1.54, 1.807) is 0 Å². The molecule has 0 amide bonds. The maximum Gasteiger partial charge on any atom is 0.00683 e. The number of nitrogens with one attached hydrogen (secondary N) is 1. The lowest BCUT2D eigenvalue weighted by atomic mass is 9.77. The first kappa shape index (κ1) is 11.2. The van der Waals surface area contributed by atoms with E-state index in [9.17, 15) is 0 Å². The van der Waals surface area contributed by atoms with Crippen molar-refractivity contribution in [3.63, 3.8) is 0 Å². The van der Waals surface area contributed by atoms with Crippen molar-refractivity contribution >= 4 is 0 Å². The summed E-state index contributed by atoms with van der Waals surface area (Å²) in [6, 6.07) is 0.881. The van der Waals surface area contributed by atoms with Gasteiger partial charge in [0.25, 0.3) is 0 Å². The van der Waals surface area contributed by atoms with Crippen molar-refractivity contribution in [3.05, 3.63) is 12.7 Å². The van der Waals surface area contributed by atoms with Crippen LogP contribution in [0.25, 0.3) is 0 Å². The summed E-state index contributed by atoms with van der Waals surface area (Å²) in [5.74, 6) is 1.93. The highest BCUT2D eigenvalue weighted by Gasteiger charge is 2.27. The third kappa shape index (κ3) is 3.64. The van der Waals surface area contributed by atoms with Gasteiger partial charge in [0, 0.05) is 6.04 Å². The third-order valence-corrected chi connectivity index (χ3v) is 4.05. The lowest BCUT2D eigenvalue weighted by Crippen LogP contribution is -2.31. The third-order valence-electron chi connectivity index (χ3n) is 4.05. The second kappa shape index (κ2) is 5.69. The molecule has 2 atom stereocenters. The van der Waals surface area contributed by atoms with Gasteiger partial charge < -0.3 is 5.32 Å². The van der Waals surface area contributed by atoms with Crippen LogP contribution in [0.15, 0.2) is 12.7 Å². The largest absolute Gasteiger partial charge is 0.314 e. The lowest BCUT2D eigenvalue weighted by molar-refractivity contribution is 0.218. The standard InChI is InChI=1S/C14H25N/c1-2-3-6-12-7-4-5-8-13(12)11-15-14-9-10-14/h2,12-15H,1,3-11H2. The van der Waals surface area contributed by atoms with Gasteiger partial charge in [-0.3, -0.25) is 0 Å². The molecular weight excluding hydrogens is 182 g/mol. The van der Waals surface area contributed by atoms with Gasteiger partial charge in [0.1, 0.15) is 0 Å². The molecular formula is C14H25N. The van der Waals surface area contributed by atoms with Crippen molar-refractivity contribution in [3.8, 4) is 0 Å². The summed E-state index contributed by atoms with van der Waals surface area (Å²) in [6.07, 6.45) is 13.4. The molecule has 0 bridgehead atoms. The summed E-state index contributed by atoms with van der Waals surface area (Å²) in [6.45, 7) is 5.12. The molecule has 2 saturated carbocycles. The zero-order valence-electron chi connectivity index (χ0n) is 9.88. The van der Waals surface area contributed by atoms with Crippen LogP contribution in [-0.4, -0.2) is 12.6 Å². The summed E-state index contributed by atoms with van der Waals surface area (Å²) in [7, 11) is 0. The van der Waals surface area contributed by atoms with Gasteiger partial charge in [-0.15, -0.1) is 6.58 Å². The fraction of sp³-hybridized carbons (Fsp3) is 0.857. The predicted octanol–water partition coefficient (Wildman–Crippen LogP) is 3.51. The fourth-order valence-corrected chi connectivity index (χ4v) is 2.87. The second-order valence-corrected chi connectivity index (χ2v) is 5.35. The monoisotopic (exact) mass is 207 g/mol. The molecule has 1 heteroatoms. The normalized spacial score (nSPS) is 31.5. The van der Waals surface area contributed by atoms with E-state index in [4.69, 9.17) is 0 Å². The van der Waals surface area contributed by atoms with Crippen LogP contribution >= 0.6 is 0 Å². The van der Waals surface area contributed by atoms with E-state index in [-0.39, 0.29) is 0 Å². The van der Waals surface area contributed by atoms with E-state index < -0.39 is 0 Å². The molecule has 0 spiro atoms. The minimum Gasteiger partial charge on any atom is -0.314 e. The average molecular weight is 207 g/mol. The number of hydrogen-bond donors (Lipinski definition) is 1. The van der Waals surface area contributed by atoms with Crippen molar-refractivity contribution < 1.29 is 0 Å².